The molecule has 0 bridgehead atoms. The third kappa shape index (κ3) is 7.57. The minimum atomic E-state index is -5.23. The summed E-state index contributed by atoms with van der Waals surface area (Å²) in [7, 11) is 0. The van der Waals surface area contributed by atoms with E-state index in [1.807, 2.05) is 41.5 Å². The van der Waals surface area contributed by atoms with Crippen LogP contribution in [0.4, 0.5) is 13.2 Å². The van der Waals surface area contributed by atoms with Crippen molar-refractivity contribution < 1.29 is 37.4 Å². The number of hydrogen-bond donors (Lipinski definition) is 1. The molecule has 1 fully saturated rings. The number of likely N-dealkylation sites (tertiary alicyclic amines) is 1. The molecular weight excluding hydrogens is 549 g/mol. The monoisotopic (exact) mass is 588 g/mol. The van der Waals surface area contributed by atoms with Crippen LogP contribution < -0.4 is 0 Å². The van der Waals surface area contributed by atoms with Crippen LogP contribution >= 0.6 is 0 Å². The molecule has 3 rings (SSSR count). The highest BCUT2D eigenvalue weighted by Crippen LogP contribution is 2.40. The van der Waals surface area contributed by atoms with Gasteiger partial charge in [-0.2, -0.15) is 18.2 Å². The molecule has 1 amide bonds. The van der Waals surface area contributed by atoms with E-state index in [-0.39, 0.29) is 36.6 Å². The Labute approximate surface area is 244 Å². The Kier molecular flexibility index (Phi) is 9.59. The number of amides is 1. The Morgan fingerprint density at radius 2 is 1.52 bits per heavy atom. The molecule has 2 atom stereocenters. The standard InChI is InChI=1S/C32H39F3N2O5/c1-8-42-28(40)24-17-21(14-19-12-10-9-11-13-19)27(36-29(41)32(33,34)35)37(24)18-25(38)20-15-22(30(2,3)4)26(39)23(16-20)31(5,6)7/h9-13,15-16,21,24,39H,8,14,17-18H2,1-7H3/t21-,24+/m1/s1. The first kappa shape index (κ1) is 32.8. The fourth-order valence-corrected chi connectivity index (χ4v) is 5.13. The Morgan fingerprint density at radius 3 is 2.00 bits per heavy atom. The van der Waals surface area contributed by atoms with E-state index in [0.29, 0.717) is 11.1 Å². The number of carbonyl (C=O) groups is 3. The van der Waals surface area contributed by atoms with E-state index in [1.165, 1.54) is 4.90 Å². The molecule has 10 heteroatoms. The molecule has 1 heterocycles. The predicted molar refractivity (Wildman–Crippen MR) is 154 cm³/mol. The first-order chi connectivity index (χ1) is 19.3. The van der Waals surface area contributed by atoms with Gasteiger partial charge in [-0.3, -0.25) is 9.59 Å². The van der Waals surface area contributed by atoms with Crippen LogP contribution in [0.5, 0.6) is 5.75 Å². The molecule has 0 unspecified atom stereocenters. The van der Waals surface area contributed by atoms with Crippen molar-refractivity contribution in [3.05, 3.63) is 64.7 Å². The molecule has 0 aromatic heterocycles. The van der Waals surface area contributed by atoms with Gasteiger partial charge >= 0.3 is 18.1 Å². The summed E-state index contributed by atoms with van der Waals surface area (Å²) in [6, 6.07) is 10.9. The molecule has 0 saturated carbocycles. The van der Waals surface area contributed by atoms with E-state index in [2.05, 4.69) is 4.99 Å². The van der Waals surface area contributed by atoms with E-state index in [1.54, 1.807) is 49.4 Å². The van der Waals surface area contributed by atoms with E-state index in [4.69, 9.17) is 4.74 Å². The maximum Gasteiger partial charge on any atom is 0.473 e. The minimum absolute atomic E-state index is 0.0149. The molecular formula is C32H39F3N2O5. The number of carbonyl (C=O) groups excluding carboxylic acids is 3. The van der Waals surface area contributed by atoms with Gasteiger partial charge in [0.25, 0.3) is 0 Å². The zero-order chi connectivity index (χ0) is 31.6. The number of hydrogen-bond acceptors (Lipinski definition) is 5. The zero-order valence-electron chi connectivity index (χ0n) is 25.1. The number of phenols is 1. The van der Waals surface area contributed by atoms with Gasteiger partial charge < -0.3 is 14.7 Å². The fraction of sp³-hybridized carbons (Fsp3) is 0.500. The van der Waals surface area contributed by atoms with E-state index in [0.717, 1.165) is 5.56 Å². The summed E-state index contributed by atoms with van der Waals surface area (Å²) in [5, 5.41) is 11.1. The Hall–Kier alpha value is -3.69. The molecule has 42 heavy (non-hydrogen) atoms. The maximum absolute atomic E-state index is 13.9. The van der Waals surface area contributed by atoms with Gasteiger partial charge in [-0.25, -0.2) is 4.79 Å². The molecule has 7 nitrogen and oxygen atoms in total. The van der Waals surface area contributed by atoms with Crippen molar-refractivity contribution in [3.63, 3.8) is 0 Å². The quantitative estimate of drug-likeness (QED) is 0.308. The number of phenolic OH excluding ortho intramolecular Hbond substituents is 1. The number of ether oxygens (including phenoxy) is 1. The van der Waals surface area contributed by atoms with Gasteiger partial charge in [0.1, 0.15) is 17.6 Å². The SMILES string of the molecule is CCOC(=O)[C@@H]1C[C@@H](Cc2ccccc2)C(=NC(=O)C(F)(F)F)N1CC(=O)c1cc(C(C)(C)C)c(O)c(C(C)(C)C)c1. The number of amidine groups is 1. The Bertz CT molecular complexity index is 1320. The number of esters is 1. The van der Waals surface area contributed by atoms with Gasteiger partial charge in [0.15, 0.2) is 5.78 Å². The molecule has 1 aliphatic heterocycles. The van der Waals surface area contributed by atoms with Crippen LogP contribution in [-0.2, 0) is 31.6 Å². The molecule has 228 valence electrons. The number of aliphatic imine (C=N–C) groups is 1. The average molecular weight is 589 g/mol. The second-order valence-electron chi connectivity index (χ2n) is 12.6. The average Bonchev–Trinajstić information content (AvgIpc) is 3.19. The number of Topliss-reactive ketones (excluding diaryl/α,β-unsaturated/α-hetero) is 1. The lowest BCUT2D eigenvalue weighted by molar-refractivity contribution is -0.169. The van der Waals surface area contributed by atoms with E-state index < -0.39 is 53.2 Å². The van der Waals surface area contributed by atoms with Crippen molar-refractivity contribution in [2.24, 2.45) is 10.9 Å². The summed E-state index contributed by atoms with van der Waals surface area (Å²) in [4.78, 5) is 43.6. The number of alkyl halides is 3. The highest BCUT2D eigenvalue weighted by Gasteiger charge is 2.46. The van der Waals surface area contributed by atoms with Gasteiger partial charge in [0, 0.05) is 22.6 Å². The number of ketones is 1. The Balaban J connectivity index is 2.14. The number of halogens is 3. The van der Waals surface area contributed by atoms with Gasteiger partial charge in [0.05, 0.1) is 13.2 Å². The molecule has 1 saturated heterocycles. The topological polar surface area (TPSA) is 96.3 Å². The number of nitrogens with zero attached hydrogens (tertiary/aromatic N) is 2. The maximum atomic E-state index is 13.9. The largest absolute Gasteiger partial charge is 0.507 e. The van der Waals surface area contributed by atoms with Crippen molar-refractivity contribution >= 4 is 23.5 Å². The van der Waals surface area contributed by atoms with Crippen molar-refractivity contribution in [1.82, 2.24) is 4.90 Å². The van der Waals surface area contributed by atoms with Gasteiger partial charge in [-0.1, -0.05) is 71.9 Å². The molecule has 0 spiro atoms. The van der Waals surface area contributed by atoms with Gasteiger partial charge in [-0.15, -0.1) is 0 Å². The van der Waals surface area contributed by atoms with E-state index in [9.17, 15) is 32.7 Å². The second kappa shape index (κ2) is 12.3. The van der Waals surface area contributed by atoms with Crippen LogP contribution in [0, 0.1) is 5.92 Å². The third-order valence-electron chi connectivity index (χ3n) is 7.25. The van der Waals surface area contributed by atoms with Crippen molar-refractivity contribution in [3.8, 4) is 5.75 Å². The van der Waals surface area contributed by atoms with Crippen LogP contribution in [-0.4, -0.2) is 58.9 Å². The summed E-state index contributed by atoms with van der Waals surface area (Å²) >= 11 is 0. The van der Waals surface area contributed by atoms with Gasteiger partial charge in [-0.05, 0) is 48.3 Å². The lowest BCUT2D eigenvalue weighted by Gasteiger charge is -2.29. The first-order valence-corrected chi connectivity index (χ1v) is 13.9. The highest BCUT2D eigenvalue weighted by atomic mass is 19.4. The fourth-order valence-electron chi connectivity index (χ4n) is 5.13. The smallest absolute Gasteiger partial charge is 0.473 e. The van der Waals surface area contributed by atoms with Crippen molar-refractivity contribution in [2.75, 3.05) is 13.2 Å². The van der Waals surface area contributed by atoms with Crippen LogP contribution in [0.2, 0.25) is 0 Å². The molecule has 1 aliphatic rings. The number of rotatable bonds is 7. The number of benzene rings is 2. The first-order valence-electron chi connectivity index (χ1n) is 13.9. The molecule has 0 aliphatic carbocycles. The van der Waals surface area contributed by atoms with Gasteiger partial charge in [0.2, 0.25) is 0 Å². The lowest BCUT2D eigenvalue weighted by Crippen LogP contribution is -2.44. The summed E-state index contributed by atoms with van der Waals surface area (Å²) < 4.78 is 45.4. The minimum Gasteiger partial charge on any atom is -0.507 e. The molecule has 0 radical (unpaired) electrons. The lowest BCUT2D eigenvalue weighted by atomic mass is 9.78. The predicted octanol–water partition coefficient (Wildman–Crippen LogP) is 6.15. The van der Waals surface area contributed by atoms with Crippen LogP contribution in [0.25, 0.3) is 0 Å². The van der Waals surface area contributed by atoms with Crippen molar-refractivity contribution in [2.45, 2.75) is 84.4 Å². The summed E-state index contributed by atoms with van der Waals surface area (Å²) in [5.41, 5.74) is 0.989. The van der Waals surface area contributed by atoms with Crippen molar-refractivity contribution in [1.29, 1.82) is 0 Å². The van der Waals surface area contributed by atoms with Crippen LogP contribution in [0.1, 0.15) is 81.9 Å². The number of aromatic hydroxyl groups is 1. The molecule has 1 N–H and O–H groups in total. The van der Waals surface area contributed by atoms with Crippen LogP contribution in [0.15, 0.2) is 47.5 Å². The molecule has 2 aromatic carbocycles. The normalized spacial score (nSPS) is 18.8. The second-order valence-corrected chi connectivity index (χ2v) is 12.6. The molecule has 2 aromatic rings. The van der Waals surface area contributed by atoms with Crippen LogP contribution in [0.3, 0.4) is 0 Å². The zero-order valence-corrected chi connectivity index (χ0v) is 25.1. The highest BCUT2D eigenvalue weighted by molar-refractivity contribution is 6.05. The Morgan fingerprint density at radius 1 is 0.976 bits per heavy atom. The van der Waals surface area contributed by atoms with E-state index >= 15 is 0 Å². The summed E-state index contributed by atoms with van der Waals surface area (Å²) in [5.74, 6) is -4.50. The summed E-state index contributed by atoms with van der Waals surface area (Å²) in [6.07, 6.45) is -5.02. The third-order valence-corrected chi connectivity index (χ3v) is 7.25. The summed E-state index contributed by atoms with van der Waals surface area (Å²) in [6.45, 7) is 12.5.